The average molecular weight is 1850 g/mol. The number of nitrogens with zero attached hydrogens (tertiary/aromatic N) is 5. The van der Waals surface area contributed by atoms with E-state index in [4.69, 9.17) is 17.2 Å². The largest absolute Gasteiger partial charge is 0.508 e. The fraction of sp³-hybridized carbons (Fsp3) is 0.473. The fourth-order valence-electron chi connectivity index (χ4n) is 16.2. The lowest BCUT2D eigenvalue weighted by Crippen LogP contribution is -2.62. The van der Waals surface area contributed by atoms with Crippen LogP contribution in [0.5, 0.6) is 5.75 Å². The van der Waals surface area contributed by atoms with Gasteiger partial charge in [0.2, 0.25) is 88.6 Å². The van der Waals surface area contributed by atoms with Crippen molar-refractivity contribution < 1.29 is 106 Å². The SMILES string of the molecule is CCCC[C@H]1C(=O)N2C[C@H](O)C[C@@H]2C(=O)N[C@@H](CC(=O)O)C(=O)N[C@@H](C(C)C)C(=O)N(C)[C@@H](Cc2ccccc2)C(=O)N[C@@H](CCN)C(=O)N2C[C@H](O)C[C@@H]2C(=O)N[C@@H](Cc2c[nH]c3ccccc23)C(=O)N[C@@H](Cc2ccc(O)cc2)C(=O)N[C@H](CCCN)C(=O)N[C@H](C(=O)NCC(N)=O)CSCC(=O)N[C@H](Cc2ccc(F)c(F)c2)C(=O)N(C)[C@@H](Cc2ccccc2)C(=O)N1C. The Bertz CT molecular complexity index is 5100. The highest BCUT2D eigenvalue weighted by atomic mass is 32.2. The van der Waals surface area contributed by atoms with Crippen LogP contribution in [0.1, 0.15) is 106 Å². The molecule has 0 bridgehead atoms. The molecule has 15 amide bonds. The van der Waals surface area contributed by atoms with Crippen molar-refractivity contribution in [1.29, 1.82) is 0 Å². The highest BCUT2D eigenvalue weighted by Gasteiger charge is 2.48. The van der Waals surface area contributed by atoms with Gasteiger partial charge in [-0.15, -0.1) is 11.8 Å². The molecular weight excluding hydrogens is 1740 g/mol. The molecule has 712 valence electrons. The Morgan fingerprint density at radius 2 is 1.03 bits per heavy atom. The van der Waals surface area contributed by atoms with Gasteiger partial charge in [0.1, 0.15) is 84.3 Å². The molecule has 9 rings (SSSR count). The molecule has 15 atom stereocenters. The summed E-state index contributed by atoms with van der Waals surface area (Å²) in [6, 6.07) is 10.1. The van der Waals surface area contributed by atoms with Crippen LogP contribution in [-0.2, 0) is 109 Å². The number of aromatic hydroxyl groups is 1. The molecule has 4 heterocycles. The van der Waals surface area contributed by atoms with Gasteiger partial charge in [-0.3, -0.25) is 76.7 Å². The summed E-state index contributed by atoms with van der Waals surface area (Å²) in [5.74, 6) is -21.6. The second-order valence-electron chi connectivity index (χ2n) is 33.6. The van der Waals surface area contributed by atoms with E-state index in [-0.39, 0.29) is 82.2 Å². The fourth-order valence-corrected chi connectivity index (χ4v) is 17.1. The van der Waals surface area contributed by atoms with Crippen molar-refractivity contribution in [3.63, 3.8) is 0 Å². The Labute approximate surface area is 765 Å². The zero-order chi connectivity index (χ0) is 96.3. The Hall–Kier alpha value is -13.0. The number of nitrogens with one attached hydrogen (secondary N) is 10. The highest BCUT2D eigenvalue weighted by molar-refractivity contribution is 8.00. The molecule has 3 aliphatic heterocycles. The molecule has 0 spiro atoms. The van der Waals surface area contributed by atoms with Gasteiger partial charge in [-0.25, -0.2) is 8.78 Å². The van der Waals surface area contributed by atoms with Crippen molar-refractivity contribution >= 4 is 117 Å². The normalized spacial score (nSPS) is 24.8. The van der Waals surface area contributed by atoms with Crippen LogP contribution in [0.4, 0.5) is 8.78 Å². The third kappa shape index (κ3) is 28.3. The number of aliphatic hydroxyl groups is 2. The van der Waals surface area contributed by atoms with Gasteiger partial charge in [0.25, 0.3) is 0 Å². The summed E-state index contributed by atoms with van der Waals surface area (Å²) < 4.78 is 29.8. The number of carboxylic acids is 1. The van der Waals surface area contributed by atoms with Crippen LogP contribution in [0.3, 0.4) is 0 Å². The first kappa shape index (κ1) is 103. The topological polar surface area (TPSA) is 572 Å². The van der Waals surface area contributed by atoms with Crippen molar-refractivity contribution in [1.82, 2.24) is 77.3 Å². The molecule has 38 nitrogen and oxygen atoms in total. The van der Waals surface area contributed by atoms with E-state index in [1.165, 1.54) is 59.3 Å². The van der Waals surface area contributed by atoms with E-state index < -0.39 is 260 Å². The number of carbonyl (C=O) groups is 16. The lowest BCUT2D eigenvalue weighted by Gasteiger charge is -2.38. The maximum Gasteiger partial charge on any atom is 0.305 e. The smallest absolute Gasteiger partial charge is 0.305 e. The van der Waals surface area contributed by atoms with Gasteiger partial charge in [-0.2, -0.15) is 0 Å². The first-order valence-electron chi connectivity index (χ1n) is 43.7. The number of fused-ring (bicyclic) bond motifs is 3. The number of nitrogens with two attached hydrogens (primary N) is 3. The molecule has 6 aromatic rings. The molecule has 0 unspecified atom stereocenters. The zero-order valence-electron chi connectivity index (χ0n) is 74.2. The molecule has 3 fully saturated rings. The van der Waals surface area contributed by atoms with Crippen LogP contribution in [0.2, 0.25) is 0 Å². The van der Waals surface area contributed by atoms with E-state index in [0.29, 0.717) is 51.3 Å². The van der Waals surface area contributed by atoms with Crippen LogP contribution in [0.15, 0.2) is 134 Å². The average Bonchev–Trinajstić information content (AvgIpc) is 1.75. The van der Waals surface area contributed by atoms with E-state index in [1.807, 2.05) is 0 Å². The zero-order valence-corrected chi connectivity index (χ0v) is 75.1. The second-order valence-corrected chi connectivity index (χ2v) is 34.6. The van der Waals surface area contributed by atoms with Crippen molar-refractivity contribution in [2.45, 2.75) is 201 Å². The van der Waals surface area contributed by atoms with Crippen LogP contribution in [0, 0.1) is 17.6 Å². The number of likely N-dealkylation sites (N-methyl/N-ethyl adjacent to an activating group) is 3. The predicted molar refractivity (Wildman–Crippen MR) is 480 cm³/mol. The monoisotopic (exact) mass is 1850 g/mol. The number of aliphatic hydroxyl groups excluding tert-OH is 2. The van der Waals surface area contributed by atoms with Gasteiger partial charge >= 0.3 is 5.97 Å². The summed E-state index contributed by atoms with van der Waals surface area (Å²) in [5, 5.41) is 67.5. The second kappa shape index (κ2) is 48.8. The number of hydrogen-bond acceptors (Lipinski definition) is 22. The molecule has 0 radical (unpaired) electrons. The first-order valence-corrected chi connectivity index (χ1v) is 44.8. The number of hydrogen-bond donors (Lipinski definition) is 17. The number of aromatic amines is 1. The van der Waals surface area contributed by atoms with Crippen LogP contribution < -0.4 is 65.1 Å². The number of carboxylic acid groups (broad SMARTS) is 1. The van der Waals surface area contributed by atoms with Gasteiger partial charge < -0.3 is 115 Å². The number of amides is 15. The van der Waals surface area contributed by atoms with Crippen molar-refractivity contribution in [3.8, 4) is 5.75 Å². The van der Waals surface area contributed by atoms with Gasteiger partial charge in [0, 0.05) is 102 Å². The van der Waals surface area contributed by atoms with Crippen LogP contribution >= 0.6 is 11.8 Å². The Balaban J connectivity index is 1.13. The van der Waals surface area contributed by atoms with Crippen LogP contribution in [-0.4, -0.2) is 301 Å². The molecule has 0 aliphatic carbocycles. The number of phenolic OH excluding ortho intramolecular Hbond substituents is 1. The molecule has 5 aromatic carbocycles. The van der Waals surface area contributed by atoms with E-state index in [0.717, 1.165) is 42.7 Å². The summed E-state index contributed by atoms with van der Waals surface area (Å²) in [7, 11) is 3.73. The van der Waals surface area contributed by atoms with E-state index in [2.05, 4.69) is 52.8 Å². The van der Waals surface area contributed by atoms with Crippen molar-refractivity contribution in [2.24, 2.45) is 23.1 Å². The van der Waals surface area contributed by atoms with Crippen molar-refractivity contribution in [2.75, 3.05) is 65.4 Å². The molecule has 0 saturated carbocycles. The van der Waals surface area contributed by atoms with Gasteiger partial charge in [-0.05, 0) is 103 Å². The summed E-state index contributed by atoms with van der Waals surface area (Å²) in [5.41, 5.74) is 19.9. The number of aliphatic carboxylic acids is 1. The van der Waals surface area contributed by atoms with E-state index in [1.54, 1.807) is 98.0 Å². The lowest BCUT2D eigenvalue weighted by molar-refractivity contribution is -0.152. The van der Waals surface area contributed by atoms with Crippen LogP contribution in [0.25, 0.3) is 10.9 Å². The van der Waals surface area contributed by atoms with Gasteiger partial charge in [-0.1, -0.05) is 131 Å². The van der Waals surface area contributed by atoms with E-state index >= 15 is 47.5 Å². The number of unbranched alkanes of at least 4 members (excludes halogenated alkanes) is 1. The number of halogens is 2. The summed E-state index contributed by atoms with van der Waals surface area (Å²) >= 11 is 0.695. The number of H-pyrrole nitrogens is 1. The Morgan fingerprint density at radius 1 is 0.508 bits per heavy atom. The maximum atomic E-state index is 15.7. The number of benzene rings is 5. The summed E-state index contributed by atoms with van der Waals surface area (Å²) in [4.78, 5) is 245. The number of primary amides is 1. The summed E-state index contributed by atoms with van der Waals surface area (Å²) in [6.45, 7) is 2.68. The number of phenols is 1. The number of carbonyl (C=O) groups excluding carboxylic acids is 15. The van der Waals surface area contributed by atoms with Crippen molar-refractivity contribution in [3.05, 3.63) is 173 Å². The molecule has 1 aromatic heterocycles. The lowest BCUT2D eigenvalue weighted by atomic mass is 9.98. The molecule has 20 N–H and O–H groups in total. The first-order chi connectivity index (χ1) is 62.9. The predicted octanol–water partition coefficient (Wildman–Crippen LogP) is -1.30. The molecule has 132 heavy (non-hydrogen) atoms. The minimum atomic E-state index is -2.02. The Morgan fingerprint density at radius 3 is 1.62 bits per heavy atom. The molecular formula is C91H118F2N18O20S. The number of para-hydroxylation sites is 1. The summed E-state index contributed by atoms with van der Waals surface area (Å²) in [6.07, 6.45) is -5.01. The van der Waals surface area contributed by atoms with E-state index in [9.17, 15) is 58.4 Å². The van der Waals surface area contributed by atoms with Gasteiger partial charge in [0.05, 0.1) is 30.9 Å². The number of thioether (sulfide) groups is 1. The van der Waals surface area contributed by atoms with Gasteiger partial charge in [0.15, 0.2) is 11.6 Å². The Kier molecular flexibility index (Phi) is 38.0. The minimum Gasteiger partial charge on any atom is -0.508 e. The number of rotatable bonds is 24. The minimum absolute atomic E-state index is 0.0319. The highest BCUT2D eigenvalue weighted by Crippen LogP contribution is 2.29. The molecule has 41 heteroatoms. The standard InChI is InChI=1S/C91H118F2N18O20S/c1-7-8-25-70-90(130)111-47-58(114)42-73(111)86(126)104-67(43-77(117)118)83(123)106-78(50(2)3)91(131)108(5)71(38-51-18-11-9-12-19-51)84(124)101-64(32-34-95)88(128)110-46-57(113)41-72(110)85(125)103-66(40-55-44-97-62-23-16-15-22-59(55)62)82(122)102-65(36-53-26-29-56(112)30-27-53)81(121)100-63(24-17-33-94)80(120)105-69(79(119)98-45-75(96)115)48-132-49-76(116)99-68(37-54-28-31-60(92)61(93)35-54)87(127)109(6)74(89(129)107(70)4)39-52-20-13-10-14-21-52/h9-16,18-23,26-31,35,44,50,57-58,63-74,78,97,112-114H,7-8,17,24-25,32-34,36-43,45-49,94-95H2,1-6H3,(H2,96,115)(H,98,119)(H,99,116)(H,100,121)(H,101,124)(H,102,122)(H,103,125)(H,104,126)(H,105,120)(H,106,123)(H,117,118)/t57-,58-,63-,64+,65+,66+,67+,68-,69+,70+,71+,72-,73-,74+,78+/m1/s1. The maximum absolute atomic E-state index is 15.7. The third-order valence-electron chi connectivity index (χ3n) is 23.5. The molecule has 3 saturated heterocycles. The quantitative estimate of drug-likeness (QED) is 0.0335. The third-order valence-corrected chi connectivity index (χ3v) is 24.5. The molecule has 3 aliphatic rings. The number of aromatic nitrogens is 1.